The molecule has 0 saturated carbocycles. The van der Waals surface area contributed by atoms with Crippen LogP contribution in [0.25, 0.3) is 0 Å². The second-order valence-corrected chi connectivity index (χ2v) is 5.84. The van der Waals surface area contributed by atoms with E-state index in [2.05, 4.69) is 4.65 Å². The predicted octanol–water partition coefficient (Wildman–Crippen LogP) is -2.69. The minimum Gasteiger partial charge on any atom is -0.374 e. The summed E-state index contributed by atoms with van der Waals surface area (Å²) in [6, 6.07) is 0. The molecular formula is C3H16N2Si2. The Morgan fingerprint density at radius 3 is 1.14 bits per heavy atom. The van der Waals surface area contributed by atoms with E-state index in [0.29, 0.717) is 0 Å². The number of hydrogen-bond acceptors (Lipinski definition) is 2. The Balaban J connectivity index is 0. The van der Waals surface area contributed by atoms with E-state index in [1.165, 1.54) is 20.8 Å². The van der Waals surface area contributed by atoms with Gasteiger partial charge in [0.1, 0.15) is 0 Å². The van der Waals surface area contributed by atoms with Crippen molar-refractivity contribution in [2.24, 2.45) is 0 Å². The fourth-order valence-corrected chi connectivity index (χ4v) is 0. The van der Waals surface area contributed by atoms with Gasteiger partial charge in [0.15, 0.2) is 0 Å². The highest BCUT2D eigenvalue weighted by Crippen LogP contribution is 1.47. The van der Waals surface area contributed by atoms with Crippen molar-refractivity contribution in [3.63, 3.8) is 0 Å². The number of hydrogen-bond donors (Lipinski definition) is 1. The highest BCUT2D eigenvalue weighted by atomic mass is 28.2. The normalized spacial score (nSPS) is 8.57. The van der Waals surface area contributed by atoms with Crippen molar-refractivity contribution in [1.82, 2.24) is 9.55 Å². The first-order chi connectivity index (χ1) is 3.15. The van der Waals surface area contributed by atoms with Gasteiger partial charge in [-0.05, 0) is 21.1 Å². The molecule has 0 aliphatic heterocycles. The van der Waals surface area contributed by atoms with Crippen LogP contribution in [0.3, 0.4) is 0 Å². The van der Waals surface area contributed by atoms with Gasteiger partial charge in [-0.2, -0.15) is 0 Å². The lowest BCUT2D eigenvalue weighted by Crippen LogP contribution is -1.99. The Labute approximate surface area is 52.3 Å². The van der Waals surface area contributed by atoms with E-state index in [-0.39, 0.29) is 0 Å². The molecule has 0 fully saturated rings. The van der Waals surface area contributed by atoms with Crippen molar-refractivity contribution < 1.29 is 0 Å². The van der Waals surface area contributed by atoms with Gasteiger partial charge in [-0.3, -0.25) is 0 Å². The van der Waals surface area contributed by atoms with Gasteiger partial charge >= 0.3 is 0 Å². The van der Waals surface area contributed by atoms with E-state index < -0.39 is 0 Å². The number of nitrogens with one attached hydrogen (secondary N) is 1. The minimum absolute atomic E-state index is 1.18. The van der Waals surface area contributed by atoms with Crippen molar-refractivity contribution in [3.05, 3.63) is 0 Å². The summed E-state index contributed by atoms with van der Waals surface area (Å²) in [4.78, 5) is 2.00. The van der Waals surface area contributed by atoms with Crippen LogP contribution < -0.4 is 4.65 Å². The third kappa shape index (κ3) is 962. The van der Waals surface area contributed by atoms with Gasteiger partial charge in [0, 0.05) is 0 Å². The summed E-state index contributed by atoms with van der Waals surface area (Å²) in [6.45, 7) is 0. The smallest absolute Gasteiger partial charge is 0.0670 e. The van der Waals surface area contributed by atoms with Crippen molar-refractivity contribution in [3.8, 4) is 0 Å². The average Bonchev–Trinajstić information content (AvgIpc) is 1.33. The lowest BCUT2D eigenvalue weighted by molar-refractivity contribution is 0.505. The fourth-order valence-electron chi connectivity index (χ4n) is 0. The van der Waals surface area contributed by atoms with Crippen LogP contribution in [0.4, 0.5) is 0 Å². The maximum Gasteiger partial charge on any atom is 0.0670 e. The Bertz CT molecular complexity index is 22.1. The van der Waals surface area contributed by atoms with Gasteiger partial charge in [0.05, 0.1) is 20.8 Å². The van der Waals surface area contributed by atoms with Gasteiger partial charge in [0.2, 0.25) is 0 Å². The van der Waals surface area contributed by atoms with Crippen LogP contribution >= 0.6 is 0 Å². The summed E-state index contributed by atoms with van der Waals surface area (Å²) in [7, 11) is 8.36. The molecule has 0 aromatic rings. The molecule has 0 rings (SSSR count). The van der Waals surface area contributed by atoms with Gasteiger partial charge in [-0.1, -0.05) is 0 Å². The summed E-state index contributed by atoms with van der Waals surface area (Å²) in [5, 5.41) is 0. The molecule has 0 spiro atoms. The SMILES string of the molecule is CN(C)C.[SiH3]N[SiH3]. The molecule has 0 saturated heterocycles. The highest BCUT2D eigenvalue weighted by molar-refractivity contribution is 6.25. The number of rotatable bonds is 0. The van der Waals surface area contributed by atoms with E-state index in [1.54, 1.807) is 0 Å². The zero-order valence-electron chi connectivity index (χ0n) is 5.95. The topological polar surface area (TPSA) is 15.3 Å². The van der Waals surface area contributed by atoms with Crippen LogP contribution in [-0.2, 0) is 0 Å². The molecule has 0 aromatic heterocycles. The van der Waals surface area contributed by atoms with Gasteiger partial charge < -0.3 is 9.55 Å². The summed E-state index contributed by atoms with van der Waals surface area (Å²) < 4.78 is 3.03. The summed E-state index contributed by atoms with van der Waals surface area (Å²) in [5.74, 6) is 0. The summed E-state index contributed by atoms with van der Waals surface area (Å²) >= 11 is 0. The van der Waals surface area contributed by atoms with Crippen LogP contribution in [-0.4, -0.2) is 46.9 Å². The molecule has 2 nitrogen and oxygen atoms in total. The van der Waals surface area contributed by atoms with Crippen molar-refractivity contribution in [2.75, 3.05) is 21.1 Å². The first-order valence-corrected chi connectivity index (χ1v) is 4.34. The molecule has 0 amide bonds. The molecule has 0 radical (unpaired) electrons. The maximum absolute atomic E-state index is 3.03. The highest BCUT2D eigenvalue weighted by Gasteiger charge is 1.58. The summed E-state index contributed by atoms with van der Waals surface area (Å²) in [5.41, 5.74) is 0. The van der Waals surface area contributed by atoms with Crippen molar-refractivity contribution in [2.45, 2.75) is 0 Å². The molecule has 4 heteroatoms. The van der Waals surface area contributed by atoms with Crippen LogP contribution in [0.15, 0.2) is 0 Å². The zero-order chi connectivity index (χ0) is 6.28. The Morgan fingerprint density at radius 1 is 1.14 bits per heavy atom. The van der Waals surface area contributed by atoms with Crippen LogP contribution in [0.5, 0.6) is 0 Å². The van der Waals surface area contributed by atoms with Gasteiger partial charge in [0.25, 0.3) is 0 Å². The van der Waals surface area contributed by atoms with Gasteiger partial charge in [-0.15, -0.1) is 0 Å². The monoisotopic (exact) mass is 136 g/mol. The second-order valence-electron chi connectivity index (χ2n) is 1.84. The lowest BCUT2D eigenvalue weighted by atomic mass is 11.0. The molecule has 0 aromatic carbocycles. The van der Waals surface area contributed by atoms with Gasteiger partial charge in [-0.25, -0.2) is 0 Å². The largest absolute Gasteiger partial charge is 0.374 e. The van der Waals surface area contributed by atoms with Crippen LogP contribution in [0, 0.1) is 0 Å². The molecular weight excluding hydrogens is 120 g/mol. The molecule has 0 aliphatic rings. The van der Waals surface area contributed by atoms with E-state index >= 15 is 0 Å². The van der Waals surface area contributed by atoms with Crippen molar-refractivity contribution >= 4 is 20.8 Å². The molecule has 7 heavy (non-hydrogen) atoms. The van der Waals surface area contributed by atoms with Crippen LogP contribution in [0.2, 0.25) is 0 Å². The Morgan fingerprint density at radius 2 is 1.14 bits per heavy atom. The average molecular weight is 136 g/mol. The second kappa shape index (κ2) is 9.61. The van der Waals surface area contributed by atoms with Crippen molar-refractivity contribution in [1.29, 1.82) is 0 Å². The molecule has 46 valence electrons. The molecule has 0 bridgehead atoms. The standard InChI is InChI=1S/C3H9N.H7NSi2/c1-4(2)3;2-1-3/h1-3H3;1H,2-3H3. The molecule has 0 atom stereocenters. The predicted molar refractivity (Wildman–Crippen MR) is 42.6 cm³/mol. The van der Waals surface area contributed by atoms with E-state index in [4.69, 9.17) is 0 Å². The molecule has 1 N–H and O–H groups in total. The molecule has 0 aliphatic carbocycles. The van der Waals surface area contributed by atoms with E-state index in [1.807, 2.05) is 26.0 Å². The van der Waals surface area contributed by atoms with E-state index in [9.17, 15) is 0 Å². The van der Waals surface area contributed by atoms with Crippen LogP contribution in [0.1, 0.15) is 0 Å². The van der Waals surface area contributed by atoms with E-state index in [0.717, 1.165) is 0 Å². The third-order valence-electron chi connectivity index (χ3n) is 0. The third-order valence-corrected chi connectivity index (χ3v) is 0. The number of nitrogens with zero attached hydrogens (tertiary/aromatic N) is 1. The molecule has 0 unspecified atom stereocenters. The fraction of sp³-hybridized carbons (Fsp3) is 1.00. The first-order valence-electron chi connectivity index (χ1n) is 2.34. The first kappa shape index (κ1) is 10.4. The molecule has 0 heterocycles. The maximum atomic E-state index is 3.03. The zero-order valence-corrected chi connectivity index (χ0v) is 9.95. The minimum atomic E-state index is 1.18. The Hall–Kier alpha value is 0.354. The quantitative estimate of drug-likeness (QED) is 0.365. The Kier molecular flexibility index (Phi) is 14.2. The lowest BCUT2D eigenvalue weighted by Gasteiger charge is -1.90. The summed E-state index contributed by atoms with van der Waals surface area (Å²) in [6.07, 6.45) is 0.